The summed E-state index contributed by atoms with van der Waals surface area (Å²) in [5.41, 5.74) is 0.833. The van der Waals surface area contributed by atoms with E-state index in [1.807, 2.05) is 24.3 Å². The normalized spacial score (nSPS) is 20.9. The Balaban J connectivity index is 2.53. The van der Waals surface area contributed by atoms with Crippen LogP contribution in [0.25, 0.3) is 0 Å². The number of carboxylic acids is 1. The summed E-state index contributed by atoms with van der Waals surface area (Å²) in [5.74, 6) is -0.489. The standard InChI is InChI=1S/C16H21BrO3/c1-2-3-8-12-11-14(17)16(20)13(12)9-6-4-5-7-10-15(18)19/h4,6,9,11-12H,2-3,5,7-8,10H2,1H3,(H,18,19)/b6-4+,13-9-. The van der Waals surface area contributed by atoms with Gasteiger partial charge in [-0.3, -0.25) is 9.59 Å². The molecule has 0 saturated carbocycles. The van der Waals surface area contributed by atoms with Gasteiger partial charge in [-0.05, 0) is 35.2 Å². The number of aliphatic carboxylic acids is 1. The number of carbonyl (C=O) groups is 2. The monoisotopic (exact) mass is 340 g/mol. The van der Waals surface area contributed by atoms with Crippen molar-refractivity contribution < 1.29 is 14.7 Å². The fourth-order valence-corrected chi connectivity index (χ4v) is 2.70. The Morgan fingerprint density at radius 1 is 1.45 bits per heavy atom. The van der Waals surface area contributed by atoms with Crippen LogP contribution in [0.1, 0.15) is 45.4 Å². The Kier molecular flexibility index (Phi) is 7.52. The lowest BCUT2D eigenvalue weighted by atomic mass is 9.95. The van der Waals surface area contributed by atoms with E-state index in [4.69, 9.17) is 5.11 Å². The lowest BCUT2D eigenvalue weighted by molar-refractivity contribution is -0.137. The number of Topliss-reactive ketones (excluding diaryl/α,β-unsaturated/α-hetero) is 1. The highest BCUT2D eigenvalue weighted by Crippen LogP contribution is 2.33. The Labute approximate surface area is 128 Å². The van der Waals surface area contributed by atoms with Gasteiger partial charge in [0.05, 0.1) is 4.48 Å². The Hall–Kier alpha value is -1.16. The number of carboxylic acid groups (broad SMARTS) is 1. The van der Waals surface area contributed by atoms with Gasteiger partial charge in [-0.25, -0.2) is 0 Å². The smallest absolute Gasteiger partial charge is 0.303 e. The second kappa shape index (κ2) is 8.90. The number of hydrogen-bond donors (Lipinski definition) is 1. The minimum absolute atomic E-state index is 0.0706. The Morgan fingerprint density at radius 2 is 2.20 bits per heavy atom. The fourth-order valence-electron chi connectivity index (χ4n) is 2.15. The fraction of sp³-hybridized carbons (Fsp3) is 0.500. The van der Waals surface area contributed by atoms with Crippen molar-refractivity contribution in [2.75, 3.05) is 0 Å². The lowest BCUT2D eigenvalue weighted by Gasteiger charge is -2.08. The molecule has 0 aromatic carbocycles. The van der Waals surface area contributed by atoms with Gasteiger partial charge in [0.2, 0.25) is 0 Å². The number of hydrogen-bond acceptors (Lipinski definition) is 2. The highest BCUT2D eigenvalue weighted by Gasteiger charge is 2.27. The van der Waals surface area contributed by atoms with Crippen LogP contribution in [0.2, 0.25) is 0 Å². The molecule has 0 radical (unpaired) electrons. The van der Waals surface area contributed by atoms with Crippen LogP contribution >= 0.6 is 15.9 Å². The van der Waals surface area contributed by atoms with Crippen LogP contribution in [-0.4, -0.2) is 16.9 Å². The van der Waals surface area contributed by atoms with Crippen molar-refractivity contribution in [1.82, 2.24) is 0 Å². The van der Waals surface area contributed by atoms with E-state index in [1.165, 1.54) is 0 Å². The first kappa shape index (κ1) is 16.9. The summed E-state index contributed by atoms with van der Waals surface area (Å²) in [4.78, 5) is 22.4. The van der Waals surface area contributed by atoms with Gasteiger partial charge in [0.1, 0.15) is 0 Å². The third-order valence-electron chi connectivity index (χ3n) is 3.27. The van der Waals surface area contributed by atoms with E-state index in [-0.39, 0.29) is 18.1 Å². The third-order valence-corrected chi connectivity index (χ3v) is 3.89. The number of halogens is 1. The molecule has 1 aliphatic rings. The molecule has 1 N–H and O–H groups in total. The highest BCUT2D eigenvalue weighted by atomic mass is 79.9. The van der Waals surface area contributed by atoms with Gasteiger partial charge in [-0.2, -0.15) is 0 Å². The van der Waals surface area contributed by atoms with Gasteiger partial charge >= 0.3 is 5.97 Å². The molecule has 4 heteroatoms. The van der Waals surface area contributed by atoms with E-state index in [0.29, 0.717) is 10.9 Å². The predicted octanol–water partition coefficient (Wildman–Crippen LogP) is 4.39. The molecule has 0 aromatic heterocycles. The molecule has 0 bridgehead atoms. The van der Waals surface area contributed by atoms with Crippen molar-refractivity contribution >= 4 is 27.7 Å². The number of allylic oxidation sites excluding steroid dienone is 6. The van der Waals surface area contributed by atoms with Gasteiger partial charge in [0, 0.05) is 17.9 Å². The van der Waals surface area contributed by atoms with Crippen molar-refractivity contribution in [3.63, 3.8) is 0 Å². The zero-order valence-corrected chi connectivity index (χ0v) is 13.4. The van der Waals surface area contributed by atoms with Crippen molar-refractivity contribution in [2.45, 2.75) is 45.4 Å². The van der Waals surface area contributed by atoms with Gasteiger partial charge in [0.15, 0.2) is 5.78 Å². The summed E-state index contributed by atoms with van der Waals surface area (Å²) in [6.45, 7) is 2.14. The maximum absolute atomic E-state index is 12.0. The molecule has 1 atom stereocenters. The maximum Gasteiger partial charge on any atom is 0.303 e. The minimum atomic E-state index is -0.768. The predicted molar refractivity (Wildman–Crippen MR) is 83.7 cm³/mol. The van der Waals surface area contributed by atoms with Crippen molar-refractivity contribution in [2.24, 2.45) is 5.92 Å². The summed E-state index contributed by atoms with van der Waals surface area (Å²) in [6, 6.07) is 0. The molecule has 0 spiro atoms. The second-order valence-corrected chi connectivity index (χ2v) is 5.78. The van der Waals surface area contributed by atoms with Crippen LogP contribution < -0.4 is 0 Å². The van der Waals surface area contributed by atoms with Gasteiger partial charge in [-0.15, -0.1) is 0 Å². The molecular formula is C16H21BrO3. The molecule has 0 heterocycles. The molecule has 3 nitrogen and oxygen atoms in total. The van der Waals surface area contributed by atoms with Gasteiger partial charge in [-0.1, -0.05) is 44.1 Å². The van der Waals surface area contributed by atoms with Gasteiger partial charge < -0.3 is 5.11 Å². The van der Waals surface area contributed by atoms with Crippen LogP contribution in [0, 0.1) is 5.92 Å². The molecule has 0 aromatic rings. The van der Waals surface area contributed by atoms with Crippen LogP contribution in [0.4, 0.5) is 0 Å². The van der Waals surface area contributed by atoms with E-state index in [9.17, 15) is 9.59 Å². The average molecular weight is 341 g/mol. The quantitative estimate of drug-likeness (QED) is 0.526. The van der Waals surface area contributed by atoms with E-state index in [1.54, 1.807) is 0 Å². The molecular weight excluding hydrogens is 320 g/mol. The van der Waals surface area contributed by atoms with Gasteiger partial charge in [0.25, 0.3) is 0 Å². The lowest BCUT2D eigenvalue weighted by Crippen LogP contribution is -2.03. The molecule has 0 fully saturated rings. The zero-order valence-electron chi connectivity index (χ0n) is 11.8. The summed E-state index contributed by atoms with van der Waals surface area (Å²) in [6.07, 6.45) is 12.4. The first-order chi connectivity index (χ1) is 9.56. The molecule has 0 aliphatic heterocycles. The van der Waals surface area contributed by atoms with Crippen LogP contribution in [0.3, 0.4) is 0 Å². The summed E-state index contributed by atoms with van der Waals surface area (Å²) < 4.78 is 0.657. The number of carbonyl (C=O) groups excluding carboxylic acids is 1. The van der Waals surface area contributed by atoms with E-state index in [2.05, 4.69) is 22.9 Å². The van der Waals surface area contributed by atoms with Crippen molar-refractivity contribution in [1.29, 1.82) is 0 Å². The Morgan fingerprint density at radius 3 is 2.85 bits per heavy atom. The largest absolute Gasteiger partial charge is 0.481 e. The average Bonchev–Trinajstić information content (AvgIpc) is 2.67. The second-order valence-electron chi connectivity index (χ2n) is 4.93. The number of rotatable bonds is 8. The minimum Gasteiger partial charge on any atom is -0.481 e. The SMILES string of the molecule is CCCCC1C=C(Br)C(=O)/C1=C\C=C\CCCC(=O)O. The maximum atomic E-state index is 12.0. The Bertz CT molecular complexity index is 447. The molecule has 0 saturated heterocycles. The summed E-state index contributed by atoms with van der Waals surface area (Å²) in [5, 5.41) is 8.53. The third kappa shape index (κ3) is 5.45. The highest BCUT2D eigenvalue weighted by molar-refractivity contribution is 9.12. The van der Waals surface area contributed by atoms with Crippen LogP contribution in [0.15, 0.2) is 34.4 Å². The summed E-state index contributed by atoms with van der Waals surface area (Å²) >= 11 is 3.31. The van der Waals surface area contributed by atoms with E-state index >= 15 is 0 Å². The molecule has 0 amide bonds. The van der Waals surface area contributed by atoms with E-state index < -0.39 is 5.97 Å². The summed E-state index contributed by atoms with van der Waals surface area (Å²) in [7, 11) is 0. The van der Waals surface area contributed by atoms with E-state index in [0.717, 1.165) is 31.3 Å². The molecule has 1 aliphatic carbocycles. The van der Waals surface area contributed by atoms with Crippen LogP contribution in [-0.2, 0) is 9.59 Å². The first-order valence-electron chi connectivity index (χ1n) is 7.06. The number of unbranched alkanes of at least 4 members (excludes halogenated alkanes) is 2. The topological polar surface area (TPSA) is 54.4 Å². The van der Waals surface area contributed by atoms with Crippen molar-refractivity contribution in [3.05, 3.63) is 34.4 Å². The molecule has 20 heavy (non-hydrogen) atoms. The van der Waals surface area contributed by atoms with Crippen molar-refractivity contribution in [3.8, 4) is 0 Å². The van der Waals surface area contributed by atoms with Crippen LogP contribution in [0.5, 0.6) is 0 Å². The number of ketones is 1. The zero-order chi connectivity index (χ0) is 15.0. The molecule has 110 valence electrons. The first-order valence-corrected chi connectivity index (χ1v) is 7.86. The molecule has 1 rings (SSSR count). The molecule has 1 unspecified atom stereocenters.